The fraction of sp³-hybridized carbons (Fsp3) is 0.400. The first-order valence-electron chi connectivity index (χ1n) is 9.90. The Morgan fingerprint density at radius 1 is 0.667 bits per heavy atom. The number of sulfonamides is 2. The zero-order valence-electron chi connectivity index (χ0n) is 19.4. The first kappa shape index (κ1) is 32.2. The van der Waals surface area contributed by atoms with Gasteiger partial charge in [-0.3, -0.25) is 9.44 Å². The second-order valence-electron chi connectivity index (χ2n) is 7.02. The maximum absolute atomic E-state index is 12.8. The Morgan fingerprint density at radius 3 is 1.19 bits per heavy atom. The van der Waals surface area contributed by atoms with Gasteiger partial charge in [0.1, 0.15) is 0 Å². The molecule has 0 aliphatic rings. The van der Waals surface area contributed by atoms with Gasteiger partial charge in [-0.2, -0.15) is 26.3 Å². The first-order valence-corrected chi connectivity index (χ1v) is 15.7. The molecule has 2 aromatic carbocycles. The highest BCUT2D eigenvalue weighted by atomic mass is 32.2. The maximum atomic E-state index is 12.8. The third-order valence-electron chi connectivity index (χ3n) is 3.81. The normalized spacial score (nSPS) is 12.5. The van der Waals surface area contributed by atoms with Gasteiger partial charge in [0, 0.05) is 9.79 Å². The summed E-state index contributed by atoms with van der Waals surface area (Å²) in [4.78, 5) is 0.896. The molecule has 0 aliphatic heterocycles. The first-order chi connectivity index (χ1) is 16.3. The van der Waals surface area contributed by atoms with Gasteiger partial charge in [-0.25, -0.2) is 16.8 Å². The maximum Gasteiger partial charge on any atom is 0.418 e. The van der Waals surface area contributed by atoms with Crippen LogP contribution in [0.15, 0.2) is 46.2 Å². The Bertz CT molecular complexity index is 1150. The van der Waals surface area contributed by atoms with E-state index in [0.29, 0.717) is 21.3 Å². The van der Waals surface area contributed by atoms with Gasteiger partial charge in [-0.05, 0) is 47.9 Å². The summed E-state index contributed by atoms with van der Waals surface area (Å²) in [6.07, 6.45) is -7.58. The number of alkyl halides is 6. The van der Waals surface area contributed by atoms with Crippen molar-refractivity contribution in [2.24, 2.45) is 0 Å². The smallest absolute Gasteiger partial charge is 0.283 e. The third kappa shape index (κ3) is 11.5. The van der Waals surface area contributed by atoms with Gasteiger partial charge in [0.05, 0.1) is 35.0 Å². The predicted molar refractivity (Wildman–Crippen MR) is 133 cm³/mol. The second kappa shape index (κ2) is 12.6. The van der Waals surface area contributed by atoms with Gasteiger partial charge in [0.2, 0.25) is 20.0 Å². The zero-order chi connectivity index (χ0) is 27.9. The lowest BCUT2D eigenvalue weighted by molar-refractivity contribution is -0.137. The Labute approximate surface area is 214 Å². The number of benzene rings is 2. The zero-order valence-corrected chi connectivity index (χ0v) is 22.7. The minimum atomic E-state index is -4.60. The van der Waals surface area contributed by atoms with Crippen LogP contribution in [0.25, 0.3) is 0 Å². The summed E-state index contributed by atoms with van der Waals surface area (Å²) in [6.45, 7) is 3.64. The fourth-order valence-electron chi connectivity index (χ4n) is 2.61. The van der Waals surface area contributed by atoms with Crippen LogP contribution in [0.3, 0.4) is 0 Å². The Balaban J connectivity index is 0.000000360. The van der Waals surface area contributed by atoms with E-state index in [2.05, 4.69) is 0 Å². The predicted octanol–water partition coefficient (Wildman–Crippen LogP) is 6.38. The minimum Gasteiger partial charge on any atom is -0.283 e. The lowest BCUT2D eigenvalue weighted by Crippen LogP contribution is -2.15. The summed E-state index contributed by atoms with van der Waals surface area (Å²) >= 11 is 2.51. The van der Waals surface area contributed by atoms with Gasteiger partial charge in [0.15, 0.2) is 0 Å². The standard InChI is InChI=1S/2C10H12F3NO2S2/c2*1-3-17-7-4-5-9(14-18(2,15)16)8(6-7)10(11,12)13/h2*4-6,14H,3H2,1-2H3. The molecule has 0 unspecified atom stereocenters. The van der Waals surface area contributed by atoms with Gasteiger partial charge < -0.3 is 0 Å². The summed E-state index contributed by atoms with van der Waals surface area (Å²) in [7, 11) is -7.48. The van der Waals surface area contributed by atoms with Crippen molar-refractivity contribution >= 4 is 54.9 Å². The van der Waals surface area contributed by atoms with Crippen LogP contribution in [0.2, 0.25) is 0 Å². The molecule has 0 saturated heterocycles. The van der Waals surface area contributed by atoms with Crippen LogP contribution in [-0.4, -0.2) is 40.9 Å². The van der Waals surface area contributed by atoms with Crippen molar-refractivity contribution in [2.75, 3.05) is 33.5 Å². The lowest BCUT2D eigenvalue weighted by atomic mass is 10.2. The largest absolute Gasteiger partial charge is 0.418 e. The molecule has 6 nitrogen and oxygen atoms in total. The van der Waals surface area contributed by atoms with E-state index >= 15 is 0 Å². The number of anilines is 2. The van der Waals surface area contributed by atoms with Crippen LogP contribution in [0, 0.1) is 0 Å². The molecule has 0 spiro atoms. The van der Waals surface area contributed by atoms with E-state index in [1.807, 2.05) is 23.3 Å². The van der Waals surface area contributed by atoms with Gasteiger partial charge in [0.25, 0.3) is 0 Å². The highest BCUT2D eigenvalue weighted by Gasteiger charge is 2.35. The molecular weight excluding hydrogens is 574 g/mol. The molecule has 0 saturated carbocycles. The van der Waals surface area contributed by atoms with E-state index < -0.39 is 54.9 Å². The molecule has 0 fully saturated rings. The van der Waals surface area contributed by atoms with Gasteiger partial charge in [-0.15, -0.1) is 23.5 Å². The Kier molecular flexibility index (Phi) is 11.3. The third-order valence-corrected chi connectivity index (χ3v) is 6.74. The number of hydrogen-bond donors (Lipinski definition) is 2. The molecule has 204 valence electrons. The van der Waals surface area contributed by atoms with Crippen molar-refractivity contribution in [1.29, 1.82) is 0 Å². The van der Waals surface area contributed by atoms with Crippen molar-refractivity contribution in [3.05, 3.63) is 47.5 Å². The van der Waals surface area contributed by atoms with Crippen molar-refractivity contribution in [2.45, 2.75) is 36.0 Å². The molecule has 0 radical (unpaired) electrons. The quantitative estimate of drug-likeness (QED) is 0.271. The summed E-state index contributed by atoms with van der Waals surface area (Å²) in [5, 5.41) is 0. The summed E-state index contributed by atoms with van der Waals surface area (Å²) < 4.78 is 125. The number of rotatable bonds is 8. The van der Waals surface area contributed by atoms with Crippen molar-refractivity contribution < 1.29 is 43.2 Å². The average molecular weight is 599 g/mol. The van der Waals surface area contributed by atoms with E-state index in [1.165, 1.54) is 35.7 Å². The van der Waals surface area contributed by atoms with Crippen LogP contribution in [0.5, 0.6) is 0 Å². The van der Waals surface area contributed by atoms with E-state index in [4.69, 9.17) is 0 Å². The van der Waals surface area contributed by atoms with Crippen LogP contribution < -0.4 is 9.44 Å². The minimum absolute atomic E-state index is 0.448. The van der Waals surface area contributed by atoms with Gasteiger partial charge >= 0.3 is 12.4 Å². The Morgan fingerprint density at radius 2 is 0.972 bits per heavy atom. The molecule has 16 heteroatoms. The van der Waals surface area contributed by atoms with Crippen LogP contribution >= 0.6 is 23.5 Å². The molecule has 0 heterocycles. The van der Waals surface area contributed by atoms with Crippen molar-refractivity contribution in [1.82, 2.24) is 0 Å². The van der Waals surface area contributed by atoms with E-state index in [-0.39, 0.29) is 0 Å². The number of thioether (sulfide) groups is 2. The number of nitrogens with one attached hydrogen (secondary N) is 2. The fourth-order valence-corrected chi connectivity index (χ4v) is 5.16. The highest BCUT2D eigenvalue weighted by Crippen LogP contribution is 2.38. The molecule has 36 heavy (non-hydrogen) atoms. The molecule has 0 bridgehead atoms. The van der Waals surface area contributed by atoms with E-state index in [1.54, 1.807) is 0 Å². The molecule has 0 amide bonds. The van der Waals surface area contributed by atoms with E-state index in [9.17, 15) is 43.2 Å². The molecule has 2 rings (SSSR count). The lowest BCUT2D eigenvalue weighted by Gasteiger charge is -2.14. The summed E-state index contributed by atoms with van der Waals surface area (Å²) in [5.74, 6) is 1.27. The molecule has 2 aromatic rings. The second-order valence-corrected chi connectivity index (χ2v) is 13.2. The monoisotopic (exact) mass is 598 g/mol. The molecule has 0 aromatic heterocycles. The SMILES string of the molecule is CCSc1ccc(NS(C)(=O)=O)c(C(F)(F)F)c1.CCSc1ccc(NS(C)(=O)=O)c(C(F)(F)F)c1. The van der Waals surface area contributed by atoms with Gasteiger partial charge in [-0.1, -0.05) is 13.8 Å². The summed E-state index contributed by atoms with van der Waals surface area (Å²) in [5.41, 5.74) is -2.87. The average Bonchev–Trinajstić information content (AvgIpc) is 2.67. The van der Waals surface area contributed by atoms with Crippen LogP contribution in [0.1, 0.15) is 25.0 Å². The van der Waals surface area contributed by atoms with Crippen LogP contribution in [-0.2, 0) is 32.4 Å². The Hall–Kier alpha value is -1.78. The van der Waals surface area contributed by atoms with E-state index in [0.717, 1.165) is 36.8 Å². The number of hydrogen-bond acceptors (Lipinski definition) is 6. The molecule has 2 N–H and O–H groups in total. The molecule has 0 atom stereocenters. The molecule has 0 aliphatic carbocycles. The van der Waals surface area contributed by atoms with Crippen molar-refractivity contribution in [3.63, 3.8) is 0 Å². The number of halogens is 6. The summed E-state index contributed by atoms with van der Waals surface area (Å²) in [6, 6.07) is 7.06. The molecular formula is C20H24F6N2O4S4. The van der Waals surface area contributed by atoms with Crippen molar-refractivity contribution in [3.8, 4) is 0 Å². The van der Waals surface area contributed by atoms with Crippen LogP contribution in [0.4, 0.5) is 37.7 Å². The topological polar surface area (TPSA) is 92.3 Å². The highest BCUT2D eigenvalue weighted by molar-refractivity contribution is 7.99.